The lowest BCUT2D eigenvalue weighted by atomic mass is 10.0. The summed E-state index contributed by atoms with van der Waals surface area (Å²) in [4.78, 5) is 0. The fourth-order valence-electron chi connectivity index (χ4n) is 5.35. The fourth-order valence-corrected chi connectivity index (χ4v) is 9.15. The maximum atomic E-state index is 4.09. The molecule has 2 aromatic carbocycles. The summed E-state index contributed by atoms with van der Waals surface area (Å²) in [5.41, 5.74) is 16.2. The first kappa shape index (κ1) is 20.9. The Hall–Kier alpha value is -2.95. The third-order valence-corrected chi connectivity index (χ3v) is 11.0. The Morgan fingerprint density at radius 2 is 1.44 bits per heavy atom. The third kappa shape index (κ3) is 3.35. The van der Waals surface area contributed by atoms with Crippen molar-refractivity contribution in [1.82, 2.24) is 0 Å². The highest BCUT2D eigenvalue weighted by molar-refractivity contribution is 6.72. The molecule has 0 bridgehead atoms. The van der Waals surface area contributed by atoms with Gasteiger partial charge in [0, 0.05) is 9.12 Å². The van der Waals surface area contributed by atoms with Crippen LogP contribution in [-0.2, 0) is 12.8 Å². The van der Waals surface area contributed by atoms with Crippen LogP contribution in [0.25, 0.3) is 34.0 Å². The minimum atomic E-state index is -0.815. The van der Waals surface area contributed by atoms with Gasteiger partial charge in [-0.25, -0.2) is 0 Å². The van der Waals surface area contributed by atoms with Crippen LogP contribution < -0.4 is 0 Å². The number of rotatable bonds is 2. The predicted molar refractivity (Wildman–Crippen MR) is 144 cm³/mol. The molecule has 2 aromatic heterocycles. The monoisotopic (exact) mass is 444 g/mol. The summed E-state index contributed by atoms with van der Waals surface area (Å²) >= 11 is 0. The van der Waals surface area contributed by atoms with Crippen LogP contribution in [0.15, 0.2) is 79.5 Å². The lowest BCUT2D eigenvalue weighted by molar-refractivity contribution is 1.29. The van der Waals surface area contributed by atoms with Crippen LogP contribution in [-0.4, -0.2) is 17.5 Å². The van der Waals surface area contributed by atoms with Gasteiger partial charge in [0.2, 0.25) is 0 Å². The molecule has 0 amide bonds. The Bertz CT molecular complexity index is 1330. The van der Waals surface area contributed by atoms with Crippen molar-refractivity contribution in [1.29, 1.82) is 0 Å². The molecular formula is C30H28Si2. The van der Waals surface area contributed by atoms with E-state index in [9.17, 15) is 0 Å². The van der Waals surface area contributed by atoms with Crippen LogP contribution in [0.3, 0.4) is 0 Å². The SMILES string of the molecule is C=Cc1c(C)c(C)c2c([si]1C=C)Cc1ccccc1-2.c1ccc2c(c1)Cc1[siH]cccc1-2. The van der Waals surface area contributed by atoms with Crippen LogP contribution in [0.2, 0.25) is 0 Å². The molecule has 0 atom stereocenters. The average molecular weight is 445 g/mol. The van der Waals surface area contributed by atoms with Crippen LogP contribution in [0.1, 0.15) is 37.8 Å². The van der Waals surface area contributed by atoms with Crippen molar-refractivity contribution in [2.24, 2.45) is 0 Å². The molecule has 2 aliphatic carbocycles. The van der Waals surface area contributed by atoms with Gasteiger partial charge in [0.1, 0.15) is 0 Å². The standard InChI is InChI=1S/C18H18Si.C12H10Si/c1-5-16-12(3)13(4)18-15-10-8-7-9-14(15)11-17(18)19(16)6-2;1-2-5-10-9(4-1)8-12-11(10)6-3-7-13-12/h5-10H,1-2,11H2,3-4H3;1-7,13H,8H2. The van der Waals surface area contributed by atoms with E-state index < -0.39 is 8.40 Å². The number of hydrogen-bond donors (Lipinski definition) is 0. The quantitative estimate of drug-likeness (QED) is 0.253. The van der Waals surface area contributed by atoms with Gasteiger partial charge in [0.25, 0.3) is 0 Å². The van der Waals surface area contributed by atoms with Crippen LogP contribution in [0.5, 0.6) is 0 Å². The summed E-state index contributed by atoms with van der Waals surface area (Å²) in [6.45, 7) is 12.6. The molecule has 0 saturated carbocycles. The second kappa shape index (κ2) is 8.53. The van der Waals surface area contributed by atoms with E-state index in [-0.39, 0.29) is 0 Å². The van der Waals surface area contributed by atoms with E-state index in [1.165, 1.54) is 56.1 Å². The van der Waals surface area contributed by atoms with Crippen LogP contribution in [0.4, 0.5) is 0 Å². The molecule has 0 unspecified atom stereocenters. The van der Waals surface area contributed by atoms with E-state index in [2.05, 4.69) is 99.0 Å². The Morgan fingerprint density at radius 3 is 2.16 bits per heavy atom. The van der Waals surface area contributed by atoms with Gasteiger partial charge in [-0.15, -0.1) is 6.58 Å². The van der Waals surface area contributed by atoms with Gasteiger partial charge < -0.3 is 0 Å². The van der Waals surface area contributed by atoms with Gasteiger partial charge in [-0.2, -0.15) is 0 Å². The summed E-state index contributed by atoms with van der Waals surface area (Å²) in [7, 11) is -0.395. The van der Waals surface area contributed by atoms with Crippen molar-refractivity contribution >= 4 is 29.3 Å². The summed E-state index contributed by atoms with van der Waals surface area (Å²) in [5, 5.41) is 4.69. The molecule has 2 aliphatic rings. The Balaban J connectivity index is 0.000000144. The highest BCUT2D eigenvalue weighted by Gasteiger charge is 2.25. The molecule has 0 saturated heterocycles. The smallest absolute Gasteiger partial charge is 0.0765 e. The highest BCUT2D eigenvalue weighted by Crippen LogP contribution is 2.41. The van der Waals surface area contributed by atoms with E-state index in [0.717, 1.165) is 6.42 Å². The molecule has 0 spiro atoms. The van der Waals surface area contributed by atoms with Gasteiger partial charge in [0.05, 0.1) is 8.40 Å². The molecule has 0 aliphatic heterocycles. The molecule has 156 valence electrons. The minimum Gasteiger partial charge on any atom is -0.103 e. The van der Waals surface area contributed by atoms with Crippen molar-refractivity contribution < 1.29 is 0 Å². The maximum Gasteiger partial charge on any atom is 0.0765 e. The van der Waals surface area contributed by atoms with Crippen LogP contribution in [0, 0.1) is 13.8 Å². The zero-order chi connectivity index (χ0) is 22.2. The lowest BCUT2D eigenvalue weighted by Crippen LogP contribution is -2.08. The van der Waals surface area contributed by atoms with Crippen molar-refractivity contribution in [3.8, 4) is 22.3 Å². The summed E-state index contributed by atoms with van der Waals surface area (Å²) in [6, 6.07) is 22.0. The molecular weight excluding hydrogens is 417 g/mol. The first-order chi connectivity index (χ1) is 15.6. The fraction of sp³-hybridized carbons (Fsp3) is 0.133. The zero-order valence-corrected chi connectivity index (χ0v) is 21.1. The Morgan fingerprint density at radius 1 is 0.781 bits per heavy atom. The summed E-state index contributed by atoms with van der Waals surface area (Å²) in [5.74, 6) is 0. The molecule has 6 rings (SSSR count). The first-order valence-corrected chi connectivity index (χ1v) is 14.1. The molecule has 0 radical (unpaired) electrons. The maximum absolute atomic E-state index is 4.09. The second-order valence-corrected chi connectivity index (χ2v) is 12.5. The van der Waals surface area contributed by atoms with Crippen LogP contribution >= 0.6 is 0 Å². The van der Waals surface area contributed by atoms with Gasteiger partial charge in [-0.3, -0.25) is 0 Å². The van der Waals surface area contributed by atoms with Crippen molar-refractivity contribution in [2.45, 2.75) is 26.7 Å². The number of hydrogen-bond acceptors (Lipinski definition) is 0. The van der Waals surface area contributed by atoms with E-state index >= 15 is 0 Å². The highest BCUT2D eigenvalue weighted by atomic mass is 28.2. The van der Waals surface area contributed by atoms with Gasteiger partial charge >= 0.3 is 0 Å². The van der Waals surface area contributed by atoms with Gasteiger partial charge in [0.15, 0.2) is 0 Å². The van der Waals surface area contributed by atoms with Crippen molar-refractivity contribution in [3.05, 3.63) is 117 Å². The van der Waals surface area contributed by atoms with E-state index in [0.29, 0.717) is 9.12 Å². The van der Waals surface area contributed by atoms with E-state index in [4.69, 9.17) is 0 Å². The Labute approximate surface area is 195 Å². The molecule has 4 aromatic rings. The minimum absolute atomic E-state index is 0.421. The Kier molecular flexibility index (Phi) is 5.58. The normalized spacial score (nSPS) is 12.1. The molecule has 0 N–H and O–H groups in total. The molecule has 0 fully saturated rings. The average Bonchev–Trinajstić information content (AvgIpc) is 3.40. The summed E-state index contributed by atoms with van der Waals surface area (Å²) in [6.07, 6.45) is 4.33. The molecule has 2 heteroatoms. The molecule has 2 heterocycles. The number of benzene rings is 2. The largest absolute Gasteiger partial charge is 0.103 e. The lowest BCUT2D eigenvalue weighted by Gasteiger charge is -2.16. The molecule has 32 heavy (non-hydrogen) atoms. The van der Waals surface area contributed by atoms with Crippen molar-refractivity contribution in [2.75, 3.05) is 0 Å². The second-order valence-electron chi connectivity index (χ2n) is 8.66. The zero-order valence-electron chi connectivity index (χ0n) is 18.9. The van der Waals surface area contributed by atoms with E-state index in [1.54, 1.807) is 10.3 Å². The predicted octanol–water partition coefficient (Wildman–Crippen LogP) is 6.97. The third-order valence-electron chi connectivity index (χ3n) is 7.03. The summed E-state index contributed by atoms with van der Waals surface area (Å²) < 4.78 is 0. The van der Waals surface area contributed by atoms with Gasteiger partial charge in [-0.1, -0.05) is 89.9 Å². The van der Waals surface area contributed by atoms with E-state index in [1.807, 2.05) is 6.08 Å². The van der Waals surface area contributed by atoms with Crippen molar-refractivity contribution in [3.63, 3.8) is 0 Å². The van der Waals surface area contributed by atoms with Gasteiger partial charge in [-0.05, 0) is 81.5 Å². The molecule has 0 nitrogen and oxygen atoms in total. The first-order valence-electron chi connectivity index (χ1n) is 11.3. The topological polar surface area (TPSA) is 0 Å². The number of fused-ring (bicyclic) bond motifs is 6.